The number of rotatable bonds is 7. The van der Waals surface area contributed by atoms with Crippen LogP contribution in [0.4, 0.5) is 5.69 Å². The van der Waals surface area contributed by atoms with Crippen LogP contribution in [-0.4, -0.2) is 13.0 Å². The van der Waals surface area contributed by atoms with E-state index in [4.69, 9.17) is 16.3 Å². The molecule has 0 fully saturated rings. The molecule has 1 atom stereocenters. The van der Waals surface area contributed by atoms with Gasteiger partial charge in [-0.25, -0.2) is 0 Å². The molecule has 3 rings (SSSR count). The van der Waals surface area contributed by atoms with Crippen molar-refractivity contribution in [3.8, 4) is 11.8 Å². The van der Waals surface area contributed by atoms with Gasteiger partial charge in [-0.05, 0) is 67.0 Å². The van der Waals surface area contributed by atoms with Crippen LogP contribution in [0.1, 0.15) is 48.9 Å². The first-order chi connectivity index (χ1) is 14.5. The Balaban J connectivity index is 1.74. The van der Waals surface area contributed by atoms with Crippen molar-refractivity contribution >= 4 is 23.2 Å². The molecule has 6 heteroatoms. The molecule has 5 nitrogen and oxygen atoms in total. The molecule has 0 aliphatic heterocycles. The van der Waals surface area contributed by atoms with Crippen molar-refractivity contribution < 1.29 is 9.53 Å². The van der Waals surface area contributed by atoms with Crippen molar-refractivity contribution in [3.63, 3.8) is 0 Å². The number of fused-ring (bicyclic) bond motifs is 1. The standard InChI is InChI=1S/C24H26ClN3O2/c1-3-21(18-9-8-16-6-4-5-7-17(16)12-18)28-24(29)19(14-26)15-27-22-13-20(25)10-11-23(22)30-2/h8-13,15,21,27H,3-7H2,1-2H3,(H,28,29)/b19-15-. The third-order valence-corrected chi connectivity index (χ3v) is 5.62. The largest absolute Gasteiger partial charge is 0.495 e. The maximum Gasteiger partial charge on any atom is 0.263 e. The quantitative estimate of drug-likeness (QED) is 0.467. The highest BCUT2D eigenvalue weighted by Gasteiger charge is 2.18. The molecular formula is C24H26ClN3O2. The smallest absolute Gasteiger partial charge is 0.263 e. The molecule has 30 heavy (non-hydrogen) atoms. The average Bonchev–Trinajstić information content (AvgIpc) is 2.77. The highest BCUT2D eigenvalue weighted by Crippen LogP contribution is 2.28. The van der Waals surface area contributed by atoms with Gasteiger partial charge < -0.3 is 15.4 Å². The highest BCUT2D eigenvalue weighted by molar-refractivity contribution is 6.30. The van der Waals surface area contributed by atoms with Crippen LogP contribution in [0.2, 0.25) is 5.02 Å². The molecule has 1 unspecified atom stereocenters. The number of nitrogens with one attached hydrogen (secondary N) is 2. The first-order valence-corrected chi connectivity index (χ1v) is 10.6. The number of carbonyl (C=O) groups excluding carboxylic acids is 1. The van der Waals surface area contributed by atoms with Crippen LogP contribution < -0.4 is 15.4 Å². The maximum atomic E-state index is 12.7. The number of hydrogen-bond acceptors (Lipinski definition) is 4. The minimum Gasteiger partial charge on any atom is -0.495 e. The number of ether oxygens (including phenoxy) is 1. The topological polar surface area (TPSA) is 74.2 Å². The summed E-state index contributed by atoms with van der Waals surface area (Å²) in [6, 6.07) is 13.4. The Hall–Kier alpha value is -2.97. The van der Waals surface area contributed by atoms with E-state index in [1.807, 2.05) is 13.0 Å². The molecule has 156 valence electrons. The highest BCUT2D eigenvalue weighted by atomic mass is 35.5. The minimum atomic E-state index is -0.421. The van der Waals surface area contributed by atoms with E-state index in [1.54, 1.807) is 25.3 Å². The molecule has 2 aromatic carbocycles. The van der Waals surface area contributed by atoms with Gasteiger partial charge in [0.05, 0.1) is 18.8 Å². The number of amides is 1. The summed E-state index contributed by atoms with van der Waals surface area (Å²) in [6.07, 6.45) is 6.77. The van der Waals surface area contributed by atoms with E-state index < -0.39 is 5.91 Å². The van der Waals surface area contributed by atoms with E-state index >= 15 is 0 Å². The van der Waals surface area contributed by atoms with Crippen molar-refractivity contribution in [1.82, 2.24) is 5.32 Å². The van der Waals surface area contributed by atoms with Crippen molar-refractivity contribution in [1.29, 1.82) is 5.26 Å². The second kappa shape index (κ2) is 10.2. The second-order valence-corrected chi connectivity index (χ2v) is 7.76. The lowest BCUT2D eigenvalue weighted by Crippen LogP contribution is -2.29. The summed E-state index contributed by atoms with van der Waals surface area (Å²) >= 11 is 6.03. The molecule has 0 aromatic heterocycles. The molecule has 2 aromatic rings. The number of nitriles is 1. The second-order valence-electron chi connectivity index (χ2n) is 7.33. The lowest BCUT2D eigenvalue weighted by Gasteiger charge is -2.21. The van der Waals surface area contributed by atoms with Crippen LogP contribution in [0.5, 0.6) is 5.75 Å². The van der Waals surface area contributed by atoms with E-state index in [9.17, 15) is 10.1 Å². The van der Waals surface area contributed by atoms with E-state index in [2.05, 4.69) is 28.8 Å². The van der Waals surface area contributed by atoms with Gasteiger partial charge in [-0.2, -0.15) is 5.26 Å². The van der Waals surface area contributed by atoms with Crippen molar-refractivity contribution in [2.45, 2.75) is 45.1 Å². The van der Waals surface area contributed by atoms with Crippen molar-refractivity contribution in [2.24, 2.45) is 0 Å². The zero-order valence-electron chi connectivity index (χ0n) is 17.3. The molecule has 1 amide bonds. The van der Waals surface area contributed by atoms with Crippen LogP contribution in [-0.2, 0) is 17.6 Å². The molecule has 0 heterocycles. The van der Waals surface area contributed by atoms with Crippen molar-refractivity contribution in [2.75, 3.05) is 12.4 Å². The first kappa shape index (κ1) is 21.7. The van der Waals surface area contributed by atoms with Gasteiger partial charge in [-0.15, -0.1) is 0 Å². The molecule has 2 N–H and O–H groups in total. The fourth-order valence-electron chi connectivity index (χ4n) is 3.72. The van der Waals surface area contributed by atoms with Gasteiger partial charge in [-0.3, -0.25) is 4.79 Å². The SMILES string of the molecule is CCC(NC(=O)/C(C#N)=C\Nc1cc(Cl)ccc1OC)c1ccc2c(c1)CCCC2. The van der Waals surface area contributed by atoms with E-state index in [0.29, 0.717) is 16.5 Å². The van der Waals surface area contributed by atoms with E-state index in [1.165, 1.54) is 30.2 Å². The lowest BCUT2D eigenvalue weighted by atomic mass is 9.88. The zero-order chi connectivity index (χ0) is 21.5. The summed E-state index contributed by atoms with van der Waals surface area (Å²) in [4.78, 5) is 12.7. The Morgan fingerprint density at radius 3 is 2.70 bits per heavy atom. The van der Waals surface area contributed by atoms with Gasteiger partial charge in [0.1, 0.15) is 17.4 Å². The number of benzene rings is 2. The summed E-state index contributed by atoms with van der Waals surface area (Å²) < 4.78 is 5.28. The maximum absolute atomic E-state index is 12.7. The van der Waals surface area contributed by atoms with Crippen LogP contribution in [0.25, 0.3) is 0 Å². The minimum absolute atomic E-state index is 0.0200. The Bertz CT molecular complexity index is 994. The number of hydrogen-bond donors (Lipinski definition) is 2. The molecule has 0 bridgehead atoms. The molecule has 0 spiro atoms. The van der Waals surface area contributed by atoms with Crippen LogP contribution in [0, 0.1) is 11.3 Å². The molecule has 1 aliphatic carbocycles. The number of halogens is 1. The molecule has 0 radical (unpaired) electrons. The normalized spacial score (nSPS) is 14.3. The number of methoxy groups -OCH3 is 1. The Kier molecular flexibility index (Phi) is 7.37. The van der Waals surface area contributed by atoms with Gasteiger partial charge in [-0.1, -0.05) is 36.7 Å². The lowest BCUT2D eigenvalue weighted by molar-refractivity contribution is -0.117. The van der Waals surface area contributed by atoms with Crippen molar-refractivity contribution in [3.05, 3.63) is 69.9 Å². The predicted molar refractivity (Wildman–Crippen MR) is 120 cm³/mol. The van der Waals surface area contributed by atoms with E-state index in [0.717, 1.165) is 24.8 Å². The van der Waals surface area contributed by atoms with Crippen LogP contribution in [0.3, 0.4) is 0 Å². The number of nitrogens with zero attached hydrogens (tertiary/aromatic N) is 1. The Labute approximate surface area is 182 Å². The Morgan fingerprint density at radius 2 is 2.00 bits per heavy atom. The number of anilines is 1. The molecular weight excluding hydrogens is 398 g/mol. The fourth-order valence-corrected chi connectivity index (χ4v) is 3.89. The predicted octanol–water partition coefficient (Wildman–Crippen LogP) is 5.31. The van der Waals surface area contributed by atoms with E-state index in [-0.39, 0.29) is 11.6 Å². The molecule has 0 saturated heterocycles. The van der Waals surface area contributed by atoms with Gasteiger partial charge >= 0.3 is 0 Å². The molecule has 0 saturated carbocycles. The fraction of sp³-hybridized carbons (Fsp3) is 0.333. The first-order valence-electron chi connectivity index (χ1n) is 10.2. The monoisotopic (exact) mass is 423 g/mol. The molecule has 1 aliphatic rings. The average molecular weight is 424 g/mol. The summed E-state index contributed by atoms with van der Waals surface area (Å²) in [5.41, 5.74) is 4.41. The van der Waals surface area contributed by atoms with Crippen LogP contribution in [0.15, 0.2) is 48.2 Å². The third kappa shape index (κ3) is 5.14. The Morgan fingerprint density at radius 1 is 1.23 bits per heavy atom. The summed E-state index contributed by atoms with van der Waals surface area (Å²) in [5, 5.41) is 16.0. The van der Waals surface area contributed by atoms with Gasteiger partial charge in [0.15, 0.2) is 0 Å². The third-order valence-electron chi connectivity index (χ3n) is 5.39. The van der Waals surface area contributed by atoms with Gasteiger partial charge in [0.25, 0.3) is 5.91 Å². The summed E-state index contributed by atoms with van der Waals surface area (Å²) in [7, 11) is 1.54. The van der Waals surface area contributed by atoms with Crippen LogP contribution >= 0.6 is 11.6 Å². The summed E-state index contributed by atoms with van der Waals surface area (Å²) in [6.45, 7) is 2.02. The number of aryl methyl sites for hydroxylation is 2. The summed E-state index contributed by atoms with van der Waals surface area (Å²) in [5.74, 6) is 0.143. The number of carbonyl (C=O) groups is 1. The van der Waals surface area contributed by atoms with Gasteiger partial charge in [0, 0.05) is 11.2 Å². The van der Waals surface area contributed by atoms with Gasteiger partial charge in [0.2, 0.25) is 0 Å². The zero-order valence-corrected chi connectivity index (χ0v) is 18.1.